The molecule has 1 saturated heterocycles. The zero-order valence-corrected chi connectivity index (χ0v) is 15.7. The van der Waals surface area contributed by atoms with Crippen molar-refractivity contribution in [2.24, 2.45) is 0 Å². The Kier molecular flexibility index (Phi) is 4.83. The van der Waals surface area contributed by atoms with E-state index in [1.54, 1.807) is 0 Å². The molecule has 0 aromatic heterocycles. The molecule has 1 amide bonds. The number of likely N-dealkylation sites (tertiary alicyclic amines) is 1. The Morgan fingerprint density at radius 2 is 1.82 bits per heavy atom. The molecule has 0 spiro atoms. The van der Waals surface area contributed by atoms with Crippen molar-refractivity contribution in [3.63, 3.8) is 0 Å². The second-order valence-corrected chi connectivity index (χ2v) is 12.7. The van der Waals surface area contributed by atoms with Crippen LogP contribution in [-0.4, -0.2) is 38.8 Å². The summed E-state index contributed by atoms with van der Waals surface area (Å²) in [5.74, 6) is 0.459. The van der Waals surface area contributed by atoms with E-state index in [4.69, 9.17) is 4.43 Å². The van der Waals surface area contributed by atoms with Crippen LogP contribution in [0.1, 0.15) is 38.7 Å². The van der Waals surface area contributed by atoms with Gasteiger partial charge in [0.15, 0.2) is 8.32 Å². The second kappa shape index (κ2) is 6.17. The third-order valence-corrected chi connectivity index (χ3v) is 9.90. The SMILES string of the molecule is CN1C(=O)C[C@@H](c2ccccc2)[C@H]1CO[Si](C)(C)C(C)(C)C. The summed E-state index contributed by atoms with van der Waals surface area (Å²) >= 11 is 0. The van der Waals surface area contributed by atoms with Crippen molar-refractivity contribution >= 4 is 14.2 Å². The van der Waals surface area contributed by atoms with Crippen molar-refractivity contribution in [3.05, 3.63) is 35.9 Å². The third kappa shape index (κ3) is 3.44. The molecule has 122 valence electrons. The van der Waals surface area contributed by atoms with Crippen molar-refractivity contribution in [2.45, 2.75) is 57.3 Å². The van der Waals surface area contributed by atoms with Gasteiger partial charge in [-0.15, -0.1) is 0 Å². The quantitative estimate of drug-likeness (QED) is 0.784. The summed E-state index contributed by atoms with van der Waals surface area (Å²) in [6, 6.07) is 10.5. The Hall–Kier alpha value is -1.13. The summed E-state index contributed by atoms with van der Waals surface area (Å²) in [5.41, 5.74) is 1.24. The minimum Gasteiger partial charge on any atom is -0.415 e. The topological polar surface area (TPSA) is 29.5 Å². The number of amides is 1. The molecule has 22 heavy (non-hydrogen) atoms. The van der Waals surface area contributed by atoms with E-state index in [1.165, 1.54) is 5.56 Å². The van der Waals surface area contributed by atoms with Crippen LogP contribution in [0.4, 0.5) is 0 Å². The van der Waals surface area contributed by atoms with Crippen LogP contribution in [0.5, 0.6) is 0 Å². The first kappa shape index (κ1) is 17.2. The van der Waals surface area contributed by atoms with Crippen LogP contribution in [0.25, 0.3) is 0 Å². The molecule has 0 saturated carbocycles. The number of benzene rings is 1. The van der Waals surface area contributed by atoms with Gasteiger partial charge in [-0.25, -0.2) is 0 Å². The highest BCUT2D eigenvalue weighted by atomic mass is 28.4. The fourth-order valence-corrected chi connectivity index (χ4v) is 3.72. The lowest BCUT2D eigenvalue weighted by molar-refractivity contribution is -0.128. The van der Waals surface area contributed by atoms with Gasteiger partial charge >= 0.3 is 0 Å². The number of hydrogen-bond donors (Lipinski definition) is 0. The van der Waals surface area contributed by atoms with Gasteiger partial charge in [0, 0.05) is 19.4 Å². The van der Waals surface area contributed by atoms with Crippen molar-refractivity contribution < 1.29 is 9.22 Å². The minimum atomic E-state index is -1.79. The van der Waals surface area contributed by atoms with Crippen LogP contribution in [-0.2, 0) is 9.22 Å². The maximum absolute atomic E-state index is 12.2. The first-order chi connectivity index (χ1) is 10.1. The number of carbonyl (C=O) groups excluding carboxylic acids is 1. The Bertz CT molecular complexity index is 522. The molecule has 2 atom stereocenters. The molecule has 1 aliphatic heterocycles. The normalized spacial score (nSPS) is 23.2. The Morgan fingerprint density at radius 3 is 2.36 bits per heavy atom. The summed E-state index contributed by atoms with van der Waals surface area (Å²) in [6.07, 6.45) is 0.589. The van der Waals surface area contributed by atoms with Gasteiger partial charge in [-0.1, -0.05) is 51.1 Å². The molecule has 1 aromatic rings. The maximum Gasteiger partial charge on any atom is 0.223 e. The summed E-state index contributed by atoms with van der Waals surface area (Å²) in [6.45, 7) is 11.9. The predicted octanol–water partition coefficient (Wildman–Crippen LogP) is 4.02. The molecular weight excluding hydrogens is 290 g/mol. The predicted molar refractivity (Wildman–Crippen MR) is 93.5 cm³/mol. The Labute approximate surface area is 135 Å². The molecular formula is C18H29NO2Si. The van der Waals surface area contributed by atoms with E-state index in [1.807, 2.05) is 30.1 Å². The Balaban J connectivity index is 2.15. The fourth-order valence-electron chi connectivity index (χ4n) is 2.70. The summed E-state index contributed by atoms with van der Waals surface area (Å²) in [7, 11) is 0.115. The van der Waals surface area contributed by atoms with Gasteiger partial charge in [-0.05, 0) is 23.7 Å². The van der Waals surface area contributed by atoms with Crippen LogP contribution in [0.3, 0.4) is 0 Å². The van der Waals surface area contributed by atoms with Crippen LogP contribution in [0.15, 0.2) is 30.3 Å². The standard InChI is InChI=1S/C18H29NO2Si/c1-18(2,3)22(5,6)21-13-16-15(12-17(20)19(16)4)14-10-8-7-9-11-14/h7-11,15-16H,12-13H2,1-6H3/t15-,16+/m0/s1. The first-order valence-electron chi connectivity index (χ1n) is 8.08. The lowest BCUT2D eigenvalue weighted by Gasteiger charge is -2.38. The molecule has 2 rings (SSSR count). The third-order valence-electron chi connectivity index (χ3n) is 5.40. The van der Waals surface area contributed by atoms with Gasteiger partial charge in [0.05, 0.1) is 12.6 Å². The molecule has 0 radical (unpaired) electrons. The summed E-state index contributed by atoms with van der Waals surface area (Å²) in [5, 5.41) is 0.191. The van der Waals surface area contributed by atoms with E-state index in [0.29, 0.717) is 13.0 Å². The molecule has 0 bridgehead atoms. The fraction of sp³-hybridized carbons (Fsp3) is 0.611. The zero-order valence-electron chi connectivity index (χ0n) is 14.7. The van der Waals surface area contributed by atoms with E-state index < -0.39 is 8.32 Å². The van der Waals surface area contributed by atoms with Crippen LogP contribution in [0, 0.1) is 0 Å². The number of likely N-dealkylation sites (N-methyl/N-ethyl adjacent to an activating group) is 1. The van der Waals surface area contributed by atoms with Crippen LogP contribution >= 0.6 is 0 Å². The monoisotopic (exact) mass is 319 g/mol. The lowest BCUT2D eigenvalue weighted by Crippen LogP contribution is -2.45. The van der Waals surface area contributed by atoms with Crippen molar-refractivity contribution in [1.29, 1.82) is 0 Å². The van der Waals surface area contributed by atoms with Crippen LogP contribution < -0.4 is 0 Å². The van der Waals surface area contributed by atoms with Crippen molar-refractivity contribution in [1.82, 2.24) is 4.90 Å². The van der Waals surface area contributed by atoms with Crippen molar-refractivity contribution in [2.75, 3.05) is 13.7 Å². The highest BCUT2D eigenvalue weighted by Crippen LogP contribution is 2.39. The lowest BCUT2D eigenvalue weighted by atomic mass is 9.92. The van der Waals surface area contributed by atoms with Gasteiger partial charge in [-0.3, -0.25) is 4.79 Å². The number of rotatable bonds is 4. The van der Waals surface area contributed by atoms with E-state index >= 15 is 0 Å². The molecule has 3 nitrogen and oxygen atoms in total. The smallest absolute Gasteiger partial charge is 0.223 e. The molecule has 1 aromatic carbocycles. The number of hydrogen-bond acceptors (Lipinski definition) is 2. The van der Waals surface area contributed by atoms with Gasteiger partial charge < -0.3 is 9.33 Å². The van der Waals surface area contributed by atoms with E-state index in [0.717, 1.165) is 0 Å². The van der Waals surface area contributed by atoms with Gasteiger partial charge in [0.2, 0.25) is 5.91 Å². The molecule has 1 aliphatic rings. The van der Waals surface area contributed by atoms with E-state index in [-0.39, 0.29) is 22.9 Å². The number of carbonyl (C=O) groups is 1. The molecule has 1 heterocycles. The molecule has 1 fully saturated rings. The largest absolute Gasteiger partial charge is 0.415 e. The van der Waals surface area contributed by atoms with Crippen molar-refractivity contribution in [3.8, 4) is 0 Å². The highest BCUT2D eigenvalue weighted by Gasteiger charge is 2.42. The average Bonchev–Trinajstić information content (AvgIpc) is 2.72. The molecule has 4 heteroatoms. The van der Waals surface area contributed by atoms with Gasteiger partial charge in [0.1, 0.15) is 0 Å². The highest BCUT2D eigenvalue weighted by molar-refractivity contribution is 6.74. The summed E-state index contributed by atoms with van der Waals surface area (Å²) < 4.78 is 6.39. The first-order valence-corrected chi connectivity index (χ1v) is 11.0. The van der Waals surface area contributed by atoms with E-state index in [2.05, 4.69) is 46.0 Å². The Morgan fingerprint density at radius 1 is 1.23 bits per heavy atom. The van der Waals surface area contributed by atoms with Gasteiger partial charge in [0.25, 0.3) is 0 Å². The summed E-state index contributed by atoms with van der Waals surface area (Å²) in [4.78, 5) is 14.1. The molecule has 0 N–H and O–H groups in total. The van der Waals surface area contributed by atoms with E-state index in [9.17, 15) is 4.79 Å². The average molecular weight is 320 g/mol. The maximum atomic E-state index is 12.2. The van der Waals surface area contributed by atoms with Gasteiger partial charge in [-0.2, -0.15) is 0 Å². The zero-order chi connectivity index (χ0) is 16.5. The molecule has 0 aliphatic carbocycles. The minimum absolute atomic E-state index is 0.143. The van der Waals surface area contributed by atoms with Crippen LogP contribution in [0.2, 0.25) is 18.1 Å². The second-order valence-electron chi connectivity index (χ2n) is 7.86. The number of nitrogens with zero attached hydrogens (tertiary/aromatic N) is 1. The molecule has 0 unspecified atom stereocenters.